The molecular weight excluding hydrogens is 180 g/mol. The molecule has 2 heterocycles. The predicted molar refractivity (Wildman–Crippen MR) is 52.2 cm³/mol. The average Bonchev–Trinajstić information content (AvgIpc) is 2.62. The van der Waals surface area contributed by atoms with Gasteiger partial charge in [0, 0.05) is 0 Å². The van der Waals surface area contributed by atoms with Gasteiger partial charge >= 0.3 is 0 Å². The van der Waals surface area contributed by atoms with Crippen LogP contribution in [0.15, 0.2) is 34.8 Å². The quantitative estimate of drug-likeness (QED) is 0.606. The molecule has 0 N–H and O–H groups in total. The van der Waals surface area contributed by atoms with E-state index in [0.29, 0.717) is 18.8 Å². The van der Waals surface area contributed by atoms with Gasteiger partial charge in [-0.25, -0.2) is 9.79 Å². The zero-order valence-electron chi connectivity index (χ0n) is 7.86. The highest BCUT2D eigenvalue weighted by Gasteiger charge is 2.25. The Morgan fingerprint density at radius 2 is 2.57 bits per heavy atom. The van der Waals surface area contributed by atoms with E-state index in [0.717, 1.165) is 11.7 Å². The Morgan fingerprint density at radius 1 is 1.71 bits per heavy atom. The maximum absolute atomic E-state index is 10.4. The average molecular weight is 190 g/mol. The molecule has 0 unspecified atom stereocenters. The number of amidine groups is 1. The lowest BCUT2D eigenvalue weighted by molar-refractivity contribution is 0.166. The topological polar surface area (TPSA) is 41.9 Å². The van der Waals surface area contributed by atoms with Crippen molar-refractivity contribution < 1.29 is 9.53 Å². The van der Waals surface area contributed by atoms with Gasteiger partial charge in [0.05, 0.1) is 13.2 Å². The number of allylic oxidation sites excluding steroid dienone is 2. The summed E-state index contributed by atoms with van der Waals surface area (Å²) in [6.07, 6.45) is 5.55. The van der Waals surface area contributed by atoms with Crippen molar-refractivity contribution in [3.63, 3.8) is 0 Å². The highest BCUT2D eigenvalue weighted by atomic mass is 16.5. The third-order valence-electron chi connectivity index (χ3n) is 1.99. The van der Waals surface area contributed by atoms with E-state index in [4.69, 9.17) is 4.74 Å². The molecule has 0 saturated heterocycles. The molecular formula is C10H10N2O2. The van der Waals surface area contributed by atoms with E-state index >= 15 is 0 Å². The number of nitrogens with zero attached hydrogens (tertiary/aromatic N) is 2. The van der Waals surface area contributed by atoms with E-state index in [-0.39, 0.29) is 0 Å². The third-order valence-corrected chi connectivity index (χ3v) is 1.99. The number of hydrogen-bond acceptors (Lipinski definition) is 4. The fourth-order valence-electron chi connectivity index (χ4n) is 1.42. The molecule has 0 aliphatic carbocycles. The van der Waals surface area contributed by atoms with Crippen LogP contribution in [0.1, 0.15) is 6.92 Å². The molecule has 4 heteroatoms. The molecule has 2 aliphatic rings. The second kappa shape index (κ2) is 3.52. The summed E-state index contributed by atoms with van der Waals surface area (Å²) < 4.78 is 5.40. The van der Waals surface area contributed by atoms with Gasteiger partial charge in [-0.2, -0.15) is 0 Å². The van der Waals surface area contributed by atoms with Crippen LogP contribution in [0.5, 0.6) is 0 Å². The Balaban J connectivity index is 2.27. The Labute approximate surface area is 81.9 Å². The van der Waals surface area contributed by atoms with Crippen LogP contribution < -0.4 is 0 Å². The minimum atomic E-state index is 0.414. The van der Waals surface area contributed by atoms with Gasteiger partial charge in [0.25, 0.3) is 0 Å². The normalized spacial score (nSPS) is 18.6. The van der Waals surface area contributed by atoms with Crippen molar-refractivity contribution in [1.82, 2.24) is 4.90 Å². The summed E-state index contributed by atoms with van der Waals surface area (Å²) in [5, 5.41) is 0. The van der Waals surface area contributed by atoms with Crippen LogP contribution in [0.2, 0.25) is 0 Å². The number of fused-ring (bicyclic) bond motifs is 1. The van der Waals surface area contributed by atoms with Gasteiger partial charge < -0.3 is 4.74 Å². The third kappa shape index (κ3) is 1.36. The minimum Gasteiger partial charge on any atom is -0.479 e. The molecule has 0 amide bonds. The van der Waals surface area contributed by atoms with Crippen molar-refractivity contribution in [3.8, 4) is 0 Å². The molecule has 2 aliphatic heterocycles. The monoisotopic (exact) mass is 190 g/mol. The maximum atomic E-state index is 10.4. The Morgan fingerprint density at radius 3 is 3.29 bits per heavy atom. The molecule has 0 aromatic carbocycles. The molecule has 0 aromatic rings. The lowest BCUT2D eigenvalue weighted by Crippen LogP contribution is -2.28. The molecule has 0 radical (unpaired) electrons. The Kier molecular flexibility index (Phi) is 2.21. The van der Waals surface area contributed by atoms with Crippen LogP contribution >= 0.6 is 0 Å². The molecule has 0 bridgehead atoms. The maximum Gasteiger partial charge on any atom is 0.195 e. The molecule has 2 rings (SSSR count). The standard InChI is InChI=1S/C10H10N2O2/c1-2-14-10-5-3-4-9-11-8(7-13)6-12(9)10/h3-5H,2,6H2,1H3. The van der Waals surface area contributed by atoms with Crippen molar-refractivity contribution in [2.45, 2.75) is 6.92 Å². The van der Waals surface area contributed by atoms with E-state index in [1.165, 1.54) is 0 Å². The number of ether oxygens (including phenoxy) is 1. The summed E-state index contributed by atoms with van der Waals surface area (Å²) in [7, 11) is 0. The molecule has 72 valence electrons. The van der Waals surface area contributed by atoms with Crippen molar-refractivity contribution in [1.29, 1.82) is 0 Å². The first-order valence-electron chi connectivity index (χ1n) is 4.46. The van der Waals surface area contributed by atoms with Gasteiger partial charge in [-0.15, -0.1) is 0 Å². The van der Waals surface area contributed by atoms with Crippen LogP contribution in [0.3, 0.4) is 0 Å². The van der Waals surface area contributed by atoms with Crippen LogP contribution in [-0.4, -0.2) is 29.8 Å². The Hall–Kier alpha value is -1.80. The molecule has 0 aromatic heterocycles. The predicted octanol–water partition coefficient (Wildman–Crippen LogP) is 0.864. The molecule has 0 spiro atoms. The molecule has 0 fully saturated rings. The van der Waals surface area contributed by atoms with E-state index in [2.05, 4.69) is 4.99 Å². The second-order valence-corrected chi connectivity index (χ2v) is 2.90. The highest BCUT2D eigenvalue weighted by molar-refractivity contribution is 5.98. The fourth-order valence-corrected chi connectivity index (χ4v) is 1.42. The lowest BCUT2D eigenvalue weighted by atomic mass is 10.3. The van der Waals surface area contributed by atoms with Gasteiger partial charge in [-0.1, -0.05) is 6.08 Å². The first-order valence-corrected chi connectivity index (χ1v) is 4.46. The van der Waals surface area contributed by atoms with Gasteiger partial charge in [0.1, 0.15) is 17.5 Å². The minimum absolute atomic E-state index is 0.414. The molecule has 14 heavy (non-hydrogen) atoms. The van der Waals surface area contributed by atoms with Gasteiger partial charge in [-0.3, -0.25) is 4.90 Å². The van der Waals surface area contributed by atoms with E-state index in [1.807, 2.05) is 30.1 Å². The first kappa shape index (κ1) is 8.78. The van der Waals surface area contributed by atoms with Crippen molar-refractivity contribution in [2.75, 3.05) is 13.2 Å². The summed E-state index contributed by atoms with van der Waals surface area (Å²) in [4.78, 5) is 16.4. The number of hydrogen-bond donors (Lipinski definition) is 0. The zero-order valence-corrected chi connectivity index (χ0v) is 7.86. The highest BCUT2D eigenvalue weighted by Crippen LogP contribution is 2.21. The first-order chi connectivity index (χ1) is 6.85. The zero-order chi connectivity index (χ0) is 9.97. The fraction of sp³-hybridized carbons (Fsp3) is 0.300. The van der Waals surface area contributed by atoms with Gasteiger partial charge in [0.15, 0.2) is 5.88 Å². The summed E-state index contributed by atoms with van der Waals surface area (Å²) >= 11 is 0. The van der Waals surface area contributed by atoms with Crippen LogP contribution in [-0.2, 0) is 9.53 Å². The van der Waals surface area contributed by atoms with Gasteiger partial charge in [-0.05, 0) is 19.1 Å². The summed E-state index contributed by atoms with van der Waals surface area (Å²) in [5.41, 5.74) is 0.414. The summed E-state index contributed by atoms with van der Waals surface area (Å²) in [5.74, 6) is 3.28. The van der Waals surface area contributed by atoms with E-state index in [1.54, 1.807) is 5.94 Å². The molecule has 4 nitrogen and oxygen atoms in total. The second-order valence-electron chi connectivity index (χ2n) is 2.90. The van der Waals surface area contributed by atoms with Crippen LogP contribution in [0.4, 0.5) is 0 Å². The number of rotatable bonds is 2. The molecule has 0 atom stereocenters. The van der Waals surface area contributed by atoms with Crippen LogP contribution in [0.25, 0.3) is 0 Å². The van der Waals surface area contributed by atoms with Crippen molar-refractivity contribution in [2.24, 2.45) is 4.99 Å². The van der Waals surface area contributed by atoms with Gasteiger partial charge in [0.2, 0.25) is 0 Å². The SMILES string of the molecule is CCOC1=CC=CC2=NC(=C=O)CN12. The number of aliphatic imine (C=N–C) groups is 1. The van der Waals surface area contributed by atoms with Crippen molar-refractivity contribution >= 4 is 11.8 Å². The summed E-state index contributed by atoms with van der Waals surface area (Å²) in [6.45, 7) is 2.97. The largest absolute Gasteiger partial charge is 0.479 e. The smallest absolute Gasteiger partial charge is 0.195 e. The Bertz CT molecular complexity index is 387. The van der Waals surface area contributed by atoms with E-state index < -0.39 is 0 Å². The van der Waals surface area contributed by atoms with Crippen molar-refractivity contribution in [3.05, 3.63) is 29.8 Å². The molecule has 0 saturated carbocycles. The number of carbonyl (C=O) groups excluding carboxylic acids is 1. The van der Waals surface area contributed by atoms with Crippen LogP contribution in [0, 0.1) is 0 Å². The lowest BCUT2D eigenvalue weighted by Gasteiger charge is -2.22. The summed E-state index contributed by atoms with van der Waals surface area (Å²) in [6, 6.07) is 0. The van der Waals surface area contributed by atoms with E-state index in [9.17, 15) is 4.79 Å².